The quantitative estimate of drug-likeness (QED) is 0.00723. The monoisotopic (exact) mass is 1770 g/mol. The molecule has 0 saturated heterocycles. The third-order valence-electron chi connectivity index (χ3n) is 19.4. The molecule has 3 aromatic heterocycles. The molecule has 0 atom stereocenters. The van der Waals surface area contributed by atoms with Crippen LogP contribution in [0.15, 0.2) is 442 Å². The molecule has 0 radical (unpaired) electrons. The first-order chi connectivity index (χ1) is 64.8. The van der Waals surface area contributed by atoms with Gasteiger partial charge >= 0.3 is 23.1 Å². The molecule has 31 heteroatoms. The summed E-state index contributed by atoms with van der Waals surface area (Å²) < 4.78 is 4.98. The lowest BCUT2D eigenvalue weighted by molar-refractivity contribution is -0.384. The number of benzene rings is 14. The van der Waals surface area contributed by atoms with Crippen LogP contribution in [-0.4, -0.2) is 62.7 Å². The van der Waals surface area contributed by atoms with Gasteiger partial charge in [-0.2, -0.15) is 15.0 Å². The number of hydrazine groups is 6. The topological polar surface area (TPSA) is 332 Å². The van der Waals surface area contributed by atoms with Crippen molar-refractivity contribution in [2.75, 3.05) is 64.3 Å². The van der Waals surface area contributed by atoms with Crippen LogP contribution in [0, 0.1) is 37.3 Å². The smallest absolute Gasteiger partial charge is 0.356 e. The lowest BCUT2D eigenvalue weighted by atomic mass is 10.1. The van der Waals surface area contributed by atoms with E-state index in [1.807, 2.05) is 392 Å². The van der Waals surface area contributed by atoms with E-state index in [1.54, 1.807) is 20.0 Å². The van der Waals surface area contributed by atoms with Gasteiger partial charge in [-0.15, -0.1) is 0 Å². The van der Waals surface area contributed by atoms with Gasteiger partial charge in [0.15, 0.2) is 5.11 Å². The number of nitro groups is 3. The fourth-order valence-corrected chi connectivity index (χ4v) is 13.2. The van der Waals surface area contributed by atoms with Gasteiger partial charge in [0.1, 0.15) is 24.6 Å². The van der Waals surface area contributed by atoms with Crippen LogP contribution < -0.4 is 72.7 Å². The lowest BCUT2D eigenvalue weighted by Gasteiger charge is -2.27. The van der Waals surface area contributed by atoms with Crippen LogP contribution in [0.1, 0.15) is 16.7 Å². The zero-order chi connectivity index (χ0) is 91.4. The van der Waals surface area contributed by atoms with Crippen LogP contribution in [0.3, 0.4) is 0 Å². The Morgan fingerprint density at radius 1 is 0.333 bits per heavy atom. The number of ether oxygens (including phenoxy) is 1. The van der Waals surface area contributed by atoms with Crippen LogP contribution in [0.5, 0.6) is 6.01 Å². The molecule has 0 bridgehead atoms. The van der Waals surface area contributed by atoms with E-state index in [4.69, 9.17) is 21.9 Å². The summed E-state index contributed by atoms with van der Waals surface area (Å²) in [7, 11) is 1.40. The molecular weight excluding hydrogens is 1680 g/mol. The molecule has 0 unspecified atom stereocenters. The van der Waals surface area contributed by atoms with Gasteiger partial charge in [0.25, 0.3) is 0 Å². The van der Waals surface area contributed by atoms with Gasteiger partial charge < -0.3 is 10.1 Å². The number of nitrogens with zero attached hydrogens (tertiary/aromatic N) is 16. The van der Waals surface area contributed by atoms with E-state index in [0.29, 0.717) is 11.7 Å². The molecule has 17 aromatic rings. The van der Waals surface area contributed by atoms with E-state index in [-0.39, 0.29) is 52.3 Å². The van der Waals surface area contributed by atoms with E-state index >= 15 is 0 Å². The lowest BCUT2D eigenvalue weighted by Crippen LogP contribution is -2.47. The summed E-state index contributed by atoms with van der Waals surface area (Å²) in [5.74, 6) is 1.05. The first-order valence-electron chi connectivity index (χ1n) is 41.3. The van der Waals surface area contributed by atoms with Crippen molar-refractivity contribution < 1.29 is 19.5 Å². The summed E-state index contributed by atoms with van der Waals surface area (Å²) in [5.41, 5.74) is 31.4. The van der Waals surface area contributed by atoms with Gasteiger partial charge in [-0.3, -0.25) is 97.9 Å². The second-order valence-corrected chi connectivity index (χ2v) is 28.8. The van der Waals surface area contributed by atoms with Crippen molar-refractivity contribution in [2.45, 2.75) is 13.5 Å². The van der Waals surface area contributed by atoms with Crippen LogP contribution >= 0.6 is 12.2 Å². The number of hydrogen-bond acceptors (Lipinski definition) is 26. The SMILES string of the molecule is COc1ncc([N+](=O)[O-])c(NN(c2ccccc2)c2ccccc2)n1.Cc1ccc(C(=NCc2ccccc2)NC(=S)NN(c2ccccc2)c2ccccc2)cc1.O=[N+]([O-])c1c(NN(c2ccccc2)c2ccccc2)ncnc1NN(c1ccccc1)c1ccccc1.O=[N+]([O-])c1cnc(NN(c2ccccc2)c2ccccc2)nc1NN(c1ccccc1)c1ccccc1. The summed E-state index contributed by atoms with van der Waals surface area (Å²) in [6.07, 6.45) is 3.60. The average molecular weight is 1770 g/mol. The number of methoxy groups -OCH3 is 1. The van der Waals surface area contributed by atoms with E-state index in [1.165, 1.54) is 25.2 Å². The van der Waals surface area contributed by atoms with Crippen molar-refractivity contribution in [1.29, 1.82) is 0 Å². The standard InChI is InChI=1S/2C28H23N7O2.C28H26N4S.C17H15N5O3/c36-35(37)26-27(31-33(22-13-5-1-6-14-22)23-15-7-2-8-16-23)29-21-30-28(26)32-34(24-17-9-3-10-18-24)25-19-11-4-12-20-25;36-35(37)26-21-29-28(32-34(24-17-9-3-10-18-24)25-19-11-4-12-20-25)30-27(26)31-33(22-13-5-1-6-14-22)23-15-7-2-8-16-23;1-22-17-19-24(20-18-22)27(29-21-23-11-5-2-6-12-23)30-28(33)31-32(25-13-7-3-8-14-25)26-15-9-4-10-16-26;1-25-17-18-12-15(22(23)24)16(19-17)20-21(13-8-4-2-5-9-13)14-10-6-3-7-11-14/h2*1-21H,(H2,29,30,31,32);2-20H,21H2,1H3,(H2,29,30,31,33);2-12H,1H3,(H,18,19,20). The van der Waals surface area contributed by atoms with Crippen LogP contribution in [0.25, 0.3) is 0 Å². The molecule has 132 heavy (non-hydrogen) atoms. The molecule has 14 aromatic carbocycles. The molecule has 0 saturated carbocycles. The number of aliphatic imine (C=N–C) groups is 1. The molecule has 0 aliphatic heterocycles. The molecule has 3 heterocycles. The van der Waals surface area contributed by atoms with Crippen LogP contribution in [-0.2, 0) is 6.54 Å². The van der Waals surface area contributed by atoms with Gasteiger partial charge in [-0.25, -0.2) is 15.0 Å². The predicted molar refractivity (Wildman–Crippen MR) is 528 cm³/mol. The molecule has 0 spiro atoms. The summed E-state index contributed by atoms with van der Waals surface area (Å²) in [6, 6.07) is 134. The Bertz CT molecular complexity index is 6090. The highest BCUT2D eigenvalue weighted by atomic mass is 32.1. The first kappa shape index (κ1) is 89.7. The summed E-state index contributed by atoms with van der Waals surface area (Å²) >= 11 is 5.72. The fourth-order valence-electron chi connectivity index (χ4n) is 13.1. The molecule has 7 N–H and O–H groups in total. The minimum Gasteiger partial charge on any atom is -0.467 e. The number of amidine groups is 1. The summed E-state index contributed by atoms with van der Waals surface area (Å²) in [5, 5.41) is 50.0. The third-order valence-corrected chi connectivity index (χ3v) is 19.6. The minimum absolute atomic E-state index is 0.0320. The maximum absolute atomic E-state index is 12.4. The van der Waals surface area contributed by atoms with Crippen molar-refractivity contribution in [2.24, 2.45) is 4.99 Å². The number of aryl methyl sites for hydroxylation is 1. The number of nitrogens with one attached hydrogen (secondary N) is 7. The number of hydrogen-bond donors (Lipinski definition) is 7. The van der Waals surface area contributed by atoms with Crippen molar-refractivity contribution in [1.82, 2.24) is 40.6 Å². The molecule has 0 amide bonds. The highest BCUT2D eigenvalue weighted by Crippen LogP contribution is 2.38. The van der Waals surface area contributed by atoms with Crippen LogP contribution in [0.4, 0.5) is 115 Å². The van der Waals surface area contributed by atoms with Crippen LogP contribution in [0.2, 0.25) is 0 Å². The molecular formula is C101H87N23O7S. The number of aromatic nitrogens is 6. The van der Waals surface area contributed by atoms with Gasteiger partial charge in [0.2, 0.25) is 29.2 Å². The van der Waals surface area contributed by atoms with Gasteiger partial charge in [-0.05, 0) is 170 Å². The summed E-state index contributed by atoms with van der Waals surface area (Å²) in [4.78, 5) is 64.0. The number of anilines is 17. The maximum Gasteiger partial charge on any atom is 0.356 e. The van der Waals surface area contributed by atoms with E-state index in [0.717, 1.165) is 91.4 Å². The zero-order valence-corrected chi connectivity index (χ0v) is 72.0. The molecule has 17 rings (SSSR count). The van der Waals surface area contributed by atoms with Crippen molar-refractivity contribution >= 4 is 138 Å². The normalized spacial score (nSPS) is 10.5. The highest BCUT2D eigenvalue weighted by molar-refractivity contribution is 7.80. The van der Waals surface area contributed by atoms with Crippen molar-refractivity contribution in [3.63, 3.8) is 0 Å². The zero-order valence-electron chi connectivity index (χ0n) is 71.2. The predicted octanol–water partition coefficient (Wildman–Crippen LogP) is 23.1. The van der Waals surface area contributed by atoms with Crippen molar-refractivity contribution in [3.05, 3.63) is 484 Å². The highest BCUT2D eigenvalue weighted by Gasteiger charge is 2.29. The molecule has 0 aliphatic rings. The van der Waals surface area contributed by atoms with E-state index < -0.39 is 14.8 Å². The Morgan fingerprint density at radius 2 is 0.606 bits per heavy atom. The molecule has 0 aliphatic carbocycles. The Kier molecular flexibility index (Phi) is 31.2. The second-order valence-electron chi connectivity index (χ2n) is 28.4. The average Bonchev–Trinajstić information content (AvgIpc) is 0.796. The second kappa shape index (κ2) is 45.9. The van der Waals surface area contributed by atoms with Crippen molar-refractivity contribution in [3.8, 4) is 6.01 Å². The maximum atomic E-state index is 12.4. The Hall–Kier alpha value is -18.5. The van der Waals surface area contributed by atoms with Gasteiger partial charge in [0.05, 0.1) is 96.7 Å². The Balaban J connectivity index is 0.000000143. The van der Waals surface area contributed by atoms with Gasteiger partial charge in [-0.1, -0.05) is 279 Å². The molecule has 30 nitrogen and oxygen atoms in total. The number of para-hydroxylation sites is 12. The minimum atomic E-state index is -0.546. The Morgan fingerprint density at radius 3 is 0.902 bits per heavy atom. The molecule has 0 fully saturated rings. The first-order valence-corrected chi connectivity index (χ1v) is 41.7. The number of rotatable bonds is 30. The van der Waals surface area contributed by atoms with E-state index in [9.17, 15) is 30.3 Å². The number of thiocarbonyl (C=S) groups is 1. The molecule has 654 valence electrons. The summed E-state index contributed by atoms with van der Waals surface area (Å²) in [6.45, 7) is 2.63. The fraction of sp³-hybridized carbons (Fsp3) is 0.0297. The third kappa shape index (κ3) is 24.7. The largest absolute Gasteiger partial charge is 0.467 e. The Labute approximate surface area is 766 Å². The van der Waals surface area contributed by atoms with E-state index in [2.05, 4.69) is 111 Å². The van der Waals surface area contributed by atoms with Gasteiger partial charge in [0, 0.05) is 5.56 Å².